The minimum Gasteiger partial charge on any atom is -0.459 e. The topological polar surface area (TPSA) is 105 Å². The minimum absolute atomic E-state index is 0.0996. The maximum atomic E-state index is 15.8. The zero-order valence-corrected chi connectivity index (χ0v) is 18.8. The van der Waals surface area contributed by atoms with Crippen LogP contribution in [0.15, 0.2) is 73.3 Å². The van der Waals surface area contributed by atoms with Crippen molar-refractivity contribution < 1.29 is 28.2 Å². The molecule has 0 amide bonds. The molecular formula is C24H18ClFN4O5. The van der Waals surface area contributed by atoms with Gasteiger partial charge >= 0.3 is 11.9 Å². The molecule has 2 aromatic heterocycles. The summed E-state index contributed by atoms with van der Waals surface area (Å²) < 4.78 is 33.8. The number of benzene rings is 2. The van der Waals surface area contributed by atoms with Crippen molar-refractivity contribution in [3.05, 3.63) is 89.6 Å². The molecule has 11 heteroatoms. The zero-order chi connectivity index (χ0) is 24.4. The Morgan fingerprint density at radius 1 is 0.971 bits per heavy atom. The Bertz CT molecular complexity index is 1350. The second kappa shape index (κ2) is 9.77. The van der Waals surface area contributed by atoms with Gasteiger partial charge in [0.15, 0.2) is 29.3 Å². The number of carbonyl (C=O) groups is 2. The minimum atomic E-state index is -1.82. The first-order chi connectivity index (χ1) is 17.0. The number of halogens is 2. The Labute approximate surface area is 203 Å². The molecule has 0 bridgehead atoms. The average Bonchev–Trinajstić information content (AvgIpc) is 3.45. The molecule has 178 valence electrons. The van der Waals surface area contributed by atoms with Crippen LogP contribution < -0.4 is 0 Å². The molecule has 1 fully saturated rings. The van der Waals surface area contributed by atoms with E-state index in [9.17, 15) is 9.59 Å². The molecule has 0 N–H and O–H groups in total. The summed E-state index contributed by atoms with van der Waals surface area (Å²) in [5, 5.41) is 0.0996. The molecule has 1 aliphatic rings. The van der Waals surface area contributed by atoms with Crippen LogP contribution in [0.2, 0.25) is 5.15 Å². The van der Waals surface area contributed by atoms with Crippen molar-refractivity contribution in [2.75, 3.05) is 6.61 Å². The number of carbonyl (C=O) groups excluding carboxylic acids is 2. The number of imidazole rings is 1. The second-order valence-electron chi connectivity index (χ2n) is 7.70. The van der Waals surface area contributed by atoms with E-state index in [-0.39, 0.29) is 28.5 Å². The van der Waals surface area contributed by atoms with Crippen molar-refractivity contribution >= 4 is 34.7 Å². The fourth-order valence-corrected chi connectivity index (χ4v) is 3.96. The third kappa shape index (κ3) is 4.58. The average molecular weight is 497 g/mol. The van der Waals surface area contributed by atoms with E-state index in [1.54, 1.807) is 60.7 Å². The van der Waals surface area contributed by atoms with E-state index in [4.69, 9.17) is 25.8 Å². The number of hydrogen-bond acceptors (Lipinski definition) is 8. The van der Waals surface area contributed by atoms with Crippen molar-refractivity contribution in [2.45, 2.75) is 24.6 Å². The Morgan fingerprint density at radius 3 is 2.31 bits per heavy atom. The predicted molar refractivity (Wildman–Crippen MR) is 122 cm³/mol. The summed E-state index contributed by atoms with van der Waals surface area (Å²) in [6.07, 6.45) is -3.01. The largest absolute Gasteiger partial charge is 0.459 e. The summed E-state index contributed by atoms with van der Waals surface area (Å²) in [5.74, 6) is -1.35. The van der Waals surface area contributed by atoms with Crippen LogP contribution in [0.4, 0.5) is 4.39 Å². The zero-order valence-electron chi connectivity index (χ0n) is 18.0. The van der Waals surface area contributed by atoms with Crippen molar-refractivity contribution in [2.24, 2.45) is 0 Å². The molecule has 0 aliphatic carbocycles. The Morgan fingerprint density at radius 2 is 1.63 bits per heavy atom. The Hall–Kier alpha value is -3.89. The number of alkyl halides is 1. The molecule has 2 aromatic carbocycles. The van der Waals surface area contributed by atoms with Crippen LogP contribution in [0.25, 0.3) is 11.2 Å². The molecule has 9 nitrogen and oxygen atoms in total. The Kier molecular flexibility index (Phi) is 6.39. The molecule has 0 saturated carbocycles. The van der Waals surface area contributed by atoms with Crippen molar-refractivity contribution in [1.82, 2.24) is 19.5 Å². The fraction of sp³-hybridized carbons (Fsp3) is 0.208. The number of esters is 2. The van der Waals surface area contributed by atoms with Gasteiger partial charge in [-0.25, -0.2) is 28.9 Å². The molecule has 0 radical (unpaired) electrons. The van der Waals surface area contributed by atoms with E-state index < -0.39 is 36.5 Å². The van der Waals surface area contributed by atoms with Crippen LogP contribution >= 0.6 is 11.6 Å². The highest BCUT2D eigenvalue weighted by Gasteiger charge is 2.49. The highest BCUT2D eigenvalue weighted by Crippen LogP contribution is 2.36. The number of nitrogens with zero attached hydrogens (tertiary/aromatic N) is 4. The van der Waals surface area contributed by atoms with Crippen LogP contribution in [-0.2, 0) is 14.2 Å². The van der Waals surface area contributed by atoms with Gasteiger partial charge in [-0.3, -0.25) is 4.57 Å². The first-order valence-electron chi connectivity index (χ1n) is 10.6. The third-order valence-electron chi connectivity index (χ3n) is 5.50. The van der Waals surface area contributed by atoms with E-state index >= 15 is 4.39 Å². The molecule has 1 saturated heterocycles. The number of fused-ring (bicyclic) bond motifs is 1. The fourth-order valence-electron chi connectivity index (χ4n) is 3.78. The summed E-state index contributed by atoms with van der Waals surface area (Å²) in [7, 11) is 0. The van der Waals surface area contributed by atoms with E-state index in [1.165, 1.54) is 17.2 Å². The van der Waals surface area contributed by atoms with Crippen molar-refractivity contribution in [3.63, 3.8) is 0 Å². The van der Waals surface area contributed by atoms with Gasteiger partial charge in [0.25, 0.3) is 0 Å². The lowest BCUT2D eigenvalue weighted by Gasteiger charge is -2.19. The SMILES string of the molecule is O=C(OC[C@H]1OC(n2cnc3c(Cl)ncnc32)[C@@H](F)[C@@H]1OC(=O)c1ccccc1)c1ccccc1. The molecule has 5 rings (SSSR count). The maximum Gasteiger partial charge on any atom is 0.338 e. The van der Waals surface area contributed by atoms with Gasteiger partial charge in [0.2, 0.25) is 0 Å². The van der Waals surface area contributed by atoms with E-state index in [1.807, 2.05) is 0 Å². The highest BCUT2D eigenvalue weighted by atomic mass is 35.5. The molecule has 1 aliphatic heterocycles. The van der Waals surface area contributed by atoms with Crippen molar-refractivity contribution in [1.29, 1.82) is 0 Å². The monoisotopic (exact) mass is 496 g/mol. The Balaban J connectivity index is 1.40. The molecule has 0 spiro atoms. The summed E-state index contributed by atoms with van der Waals surface area (Å²) in [4.78, 5) is 37.2. The van der Waals surface area contributed by atoms with Gasteiger partial charge in [0.05, 0.1) is 17.5 Å². The molecule has 35 heavy (non-hydrogen) atoms. The predicted octanol–water partition coefficient (Wildman–Crippen LogP) is 3.80. The quantitative estimate of drug-likeness (QED) is 0.293. The van der Waals surface area contributed by atoms with Gasteiger partial charge < -0.3 is 14.2 Å². The summed E-state index contributed by atoms with van der Waals surface area (Å²) in [6.45, 7) is -0.347. The maximum absolute atomic E-state index is 15.8. The number of ether oxygens (including phenoxy) is 3. The normalized spacial score (nSPS) is 21.7. The van der Waals surface area contributed by atoms with Gasteiger partial charge in [0, 0.05) is 0 Å². The first kappa shape index (κ1) is 22.9. The molecule has 4 aromatic rings. The second-order valence-corrected chi connectivity index (χ2v) is 8.06. The van der Waals surface area contributed by atoms with Gasteiger partial charge in [0.1, 0.15) is 24.6 Å². The molecule has 4 atom stereocenters. The number of aromatic nitrogens is 4. The van der Waals surface area contributed by atoms with Gasteiger partial charge in [-0.2, -0.15) is 0 Å². The van der Waals surface area contributed by atoms with Crippen LogP contribution in [0.3, 0.4) is 0 Å². The van der Waals surface area contributed by atoms with Crippen LogP contribution in [-0.4, -0.2) is 56.4 Å². The number of rotatable bonds is 6. The summed E-state index contributed by atoms with van der Waals surface area (Å²) in [5.41, 5.74) is 1.08. The van der Waals surface area contributed by atoms with Crippen LogP contribution in [0.5, 0.6) is 0 Å². The van der Waals surface area contributed by atoms with E-state index in [0.29, 0.717) is 5.56 Å². The van der Waals surface area contributed by atoms with Gasteiger partial charge in [-0.15, -0.1) is 0 Å². The lowest BCUT2D eigenvalue weighted by Crippen LogP contribution is -2.37. The van der Waals surface area contributed by atoms with Gasteiger partial charge in [-0.1, -0.05) is 48.0 Å². The van der Waals surface area contributed by atoms with Crippen LogP contribution in [0.1, 0.15) is 26.9 Å². The standard InChI is InChI=1S/C24H18ClFN4O5/c25-20-18-21(28-12-27-20)30(13-29-18)22-17(26)19(35-24(32)15-9-5-2-6-10-15)16(34-22)11-33-23(31)14-7-3-1-4-8-14/h1-10,12-13,16-17,19,22H,11H2/t16-,17+,19-,22?/m1/s1. The van der Waals surface area contributed by atoms with Crippen molar-refractivity contribution in [3.8, 4) is 0 Å². The smallest absolute Gasteiger partial charge is 0.338 e. The molecular weight excluding hydrogens is 479 g/mol. The lowest BCUT2D eigenvalue weighted by atomic mass is 10.1. The van der Waals surface area contributed by atoms with Crippen LogP contribution in [0, 0.1) is 0 Å². The lowest BCUT2D eigenvalue weighted by molar-refractivity contribution is -0.0570. The summed E-state index contributed by atoms with van der Waals surface area (Å²) >= 11 is 6.06. The first-order valence-corrected chi connectivity index (χ1v) is 11.0. The number of hydrogen-bond donors (Lipinski definition) is 0. The summed E-state index contributed by atoms with van der Waals surface area (Å²) in [6, 6.07) is 16.5. The van der Waals surface area contributed by atoms with E-state index in [0.717, 1.165) is 0 Å². The highest BCUT2D eigenvalue weighted by molar-refractivity contribution is 6.33. The molecule has 3 heterocycles. The third-order valence-corrected chi connectivity index (χ3v) is 5.77. The molecule has 1 unspecified atom stereocenters. The van der Waals surface area contributed by atoms with Gasteiger partial charge in [-0.05, 0) is 24.3 Å². The van der Waals surface area contributed by atoms with E-state index in [2.05, 4.69) is 15.0 Å².